The number of carboxylic acids is 1. The van der Waals surface area contributed by atoms with Crippen molar-refractivity contribution in [3.63, 3.8) is 0 Å². The van der Waals surface area contributed by atoms with Gasteiger partial charge in [0.1, 0.15) is 5.75 Å². The van der Waals surface area contributed by atoms with Gasteiger partial charge in [0.25, 0.3) is 0 Å². The van der Waals surface area contributed by atoms with Gasteiger partial charge in [-0.05, 0) is 64.7 Å². The van der Waals surface area contributed by atoms with Gasteiger partial charge in [-0.3, -0.25) is 9.59 Å². The lowest BCUT2D eigenvalue weighted by atomic mass is 9.92. The Hall–Kier alpha value is -1.56. The molecule has 2 fully saturated rings. The third-order valence-corrected chi connectivity index (χ3v) is 5.73. The number of ether oxygens (including phenoxy) is 1. The first-order chi connectivity index (χ1) is 11.5. The van der Waals surface area contributed by atoms with Crippen LogP contribution in [0.25, 0.3) is 0 Å². The number of rotatable bonds is 6. The molecule has 1 aromatic rings. The molecule has 2 aliphatic rings. The largest absolute Gasteiger partial charge is 0.496 e. The van der Waals surface area contributed by atoms with Crippen molar-refractivity contribution in [2.75, 3.05) is 20.2 Å². The molecule has 1 saturated heterocycles. The summed E-state index contributed by atoms with van der Waals surface area (Å²) < 4.78 is 6.07. The quantitative estimate of drug-likeness (QED) is 0.803. The van der Waals surface area contributed by atoms with Crippen molar-refractivity contribution in [3.8, 4) is 5.75 Å². The van der Waals surface area contributed by atoms with E-state index in [4.69, 9.17) is 4.74 Å². The van der Waals surface area contributed by atoms with Gasteiger partial charge in [0.15, 0.2) is 0 Å². The van der Waals surface area contributed by atoms with Crippen LogP contribution in [0.4, 0.5) is 0 Å². The number of likely N-dealkylation sites (tertiary alicyclic amines) is 1. The molecule has 6 heteroatoms. The van der Waals surface area contributed by atoms with Crippen LogP contribution in [0.15, 0.2) is 22.7 Å². The van der Waals surface area contributed by atoms with Gasteiger partial charge < -0.3 is 14.7 Å². The van der Waals surface area contributed by atoms with E-state index >= 15 is 0 Å². The number of hydrogen-bond acceptors (Lipinski definition) is 3. The molecular formula is C18H22BrNO4. The zero-order valence-electron chi connectivity index (χ0n) is 13.7. The maximum absolute atomic E-state index is 12.5. The molecule has 0 aromatic heterocycles. The Morgan fingerprint density at radius 2 is 2.08 bits per heavy atom. The lowest BCUT2D eigenvalue weighted by molar-refractivity contribution is -0.142. The molecule has 1 heterocycles. The molecule has 0 unspecified atom stereocenters. The Morgan fingerprint density at radius 3 is 2.67 bits per heavy atom. The summed E-state index contributed by atoms with van der Waals surface area (Å²) in [6.45, 7) is 0.967. The fourth-order valence-electron chi connectivity index (χ4n) is 3.57. The first kappa shape index (κ1) is 17.3. The third-order valence-electron chi connectivity index (χ3n) is 5.11. The van der Waals surface area contributed by atoms with Crippen LogP contribution < -0.4 is 4.74 Å². The third kappa shape index (κ3) is 3.74. The van der Waals surface area contributed by atoms with Gasteiger partial charge in [0.2, 0.25) is 5.91 Å². The Kier molecular flexibility index (Phi) is 5.13. The van der Waals surface area contributed by atoms with Gasteiger partial charge >= 0.3 is 5.97 Å². The Labute approximate surface area is 150 Å². The number of benzene rings is 1. The number of carbonyl (C=O) groups is 2. The second kappa shape index (κ2) is 7.13. The number of carbonyl (C=O) groups excluding carboxylic acids is 1. The van der Waals surface area contributed by atoms with E-state index in [9.17, 15) is 14.7 Å². The molecule has 1 aliphatic carbocycles. The maximum Gasteiger partial charge on any atom is 0.308 e. The van der Waals surface area contributed by atoms with Gasteiger partial charge in [-0.15, -0.1) is 0 Å². The van der Waals surface area contributed by atoms with E-state index in [0.29, 0.717) is 31.8 Å². The van der Waals surface area contributed by atoms with E-state index in [-0.39, 0.29) is 11.8 Å². The smallest absolute Gasteiger partial charge is 0.308 e. The van der Waals surface area contributed by atoms with Crippen LogP contribution in [0.3, 0.4) is 0 Å². The van der Waals surface area contributed by atoms with Gasteiger partial charge in [-0.25, -0.2) is 0 Å². The predicted octanol–water partition coefficient (Wildman–Crippen LogP) is 2.96. The molecule has 1 aromatic carbocycles. The van der Waals surface area contributed by atoms with Crippen molar-refractivity contribution in [1.82, 2.24) is 4.90 Å². The number of nitrogens with zero attached hydrogens (tertiary/aromatic N) is 1. The standard InChI is InChI=1S/C18H22BrNO4/c1-24-16-6-2-11(8-15(16)19)3-7-17(21)20-9-13(12-4-5-12)14(10-20)18(22)23/h2,6,8,12-14H,3-5,7,9-10H2,1H3,(H,22,23)/t13-,14+/m1/s1. The predicted molar refractivity (Wildman–Crippen MR) is 92.9 cm³/mol. The summed E-state index contributed by atoms with van der Waals surface area (Å²) >= 11 is 3.45. The molecule has 1 aliphatic heterocycles. The molecule has 1 N–H and O–H groups in total. The highest BCUT2D eigenvalue weighted by Gasteiger charge is 2.46. The minimum absolute atomic E-state index is 0.0522. The van der Waals surface area contributed by atoms with Gasteiger partial charge in [-0.1, -0.05) is 6.07 Å². The fraction of sp³-hybridized carbons (Fsp3) is 0.556. The molecule has 0 radical (unpaired) electrons. The summed E-state index contributed by atoms with van der Waals surface area (Å²) in [6.07, 6.45) is 3.26. The monoisotopic (exact) mass is 395 g/mol. The van der Waals surface area contributed by atoms with Crippen LogP contribution in [0.5, 0.6) is 5.75 Å². The molecule has 2 atom stereocenters. The van der Waals surface area contributed by atoms with E-state index in [1.807, 2.05) is 18.2 Å². The van der Waals surface area contributed by atoms with Crippen LogP contribution >= 0.6 is 15.9 Å². The van der Waals surface area contributed by atoms with E-state index in [2.05, 4.69) is 15.9 Å². The Balaban J connectivity index is 1.57. The number of amides is 1. The number of carboxylic acid groups (broad SMARTS) is 1. The van der Waals surface area contributed by atoms with E-state index in [1.54, 1.807) is 12.0 Å². The zero-order chi connectivity index (χ0) is 17.3. The highest BCUT2D eigenvalue weighted by molar-refractivity contribution is 9.10. The van der Waals surface area contributed by atoms with E-state index < -0.39 is 11.9 Å². The van der Waals surface area contributed by atoms with Crippen LogP contribution in [-0.2, 0) is 16.0 Å². The molecule has 1 saturated carbocycles. The number of halogens is 1. The Bertz CT molecular complexity index is 644. The van der Waals surface area contributed by atoms with Crippen molar-refractivity contribution in [3.05, 3.63) is 28.2 Å². The lowest BCUT2D eigenvalue weighted by Gasteiger charge is -2.16. The second-order valence-corrected chi connectivity index (χ2v) is 7.57. The van der Waals surface area contributed by atoms with Gasteiger partial charge in [0, 0.05) is 19.5 Å². The molecule has 0 bridgehead atoms. The summed E-state index contributed by atoms with van der Waals surface area (Å²) in [4.78, 5) is 25.7. The normalized spacial score (nSPS) is 23.3. The number of hydrogen-bond donors (Lipinski definition) is 1. The van der Waals surface area contributed by atoms with Crippen LogP contribution in [0, 0.1) is 17.8 Å². The zero-order valence-corrected chi connectivity index (χ0v) is 15.3. The topological polar surface area (TPSA) is 66.8 Å². The summed E-state index contributed by atoms with van der Waals surface area (Å²) in [5.41, 5.74) is 1.06. The second-order valence-electron chi connectivity index (χ2n) is 6.71. The number of aryl methyl sites for hydroxylation is 1. The highest BCUT2D eigenvalue weighted by Crippen LogP contribution is 2.44. The van der Waals surface area contributed by atoms with Crippen molar-refractivity contribution < 1.29 is 19.4 Å². The van der Waals surface area contributed by atoms with Crippen molar-refractivity contribution in [2.45, 2.75) is 25.7 Å². The molecule has 24 heavy (non-hydrogen) atoms. The minimum atomic E-state index is -0.763. The molecule has 130 valence electrons. The highest BCUT2D eigenvalue weighted by atomic mass is 79.9. The maximum atomic E-state index is 12.5. The average Bonchev–Trinajstić information content (AvgIpc) is 3.30. The van der Waals surface area contributed by atoms with Crippen molar-refractivity contribution in [1.29, 1.82) is 0 Å². The molecule has 3 rings (SSSR count). The molecule has 5 nitrogen and oxygen atoms in total. The summed E-state index contributed by atoms with van der Waals surface area (Å²) in [6, 6.07) is 5.79. The van der Waals surface area contributed by atoms with Crippen molar-refractivity contribution >= 4 is 27.8 Å². The van der Waals surface area contributed by atoms with Crippen LogP contribution in [0.2, 0.25) is 0 Å². The lowest BCUT2D eigenvalue weighted by Crippen LogP contribution is -2.30. The number of aliphatic carboxylic acids is 1. The fourth-order valence-corrected chi connectivity index (χ4v) is 4.16. The first-order valence-corrected chi connectivity index (χ1v) is 9.12. The summed E-state index contributed by atoms with van der Waals surface area (Å²) in [5, 5.41) is 9.39. The van der Waals surface area contributed by atoms with Crippen LogP contribution in [0.1, 0.15) is 24.8 Å². The number of methoxy groups -OCH3 is 1. The molecular weight excluding hydrogens is 374 g/mol. The van der Waals surface area contributed by atoms with Gasteiger partial charge in [-0.2, -0.15) is 0 Å². The first-order valence-electron chi connectivity index (χ1n) is 8.32. The van der Waals surface area contributed by atoms with Crippen LogP contribution in [-0.4, -0.2) is 42.1 Å². The Morgan fingerprint density at radius 1 is 1.33 bits per heavy atom. The van der Waals surface area contributed by atoms with Crippen molar-refractivity contribution in [2.24, 2.45) is 17.8 Å². The van der Waals surface area contributed by atoms with Gasteiger partial charge in [0.05, 0.1) is 17.5 Å². The molecule has 1 amide bonds. The van der Waals surface area contributed by atoms with E-state index in [1.165, 1.54) is 0 Å². The molecule has 0 spiro atoms. The SMILES string of the molecule is COc1ccc(CCC(=O)N2C[C@H](C(=O)O)[C@@H](C3CC3)C2)cc1Br. The van der Waals surface area contributed by atoms with E-state index in [0.717, 1.165) is 28.6 Å². The minimum Gasteiger partial charge on any atom is -0.496 e. The summed E-state index contributed by atoms with van der Waals surface area (Å²) in [7, 11) is 1.62. The average molecular weight is 396 g/mol. The summed E-state index contributed by atoms with van der Waals surface area (Å²) in [5.74, 6) is 0.304.